The Hall–Kier alpha value is -1.89. The summed E-state index contributed by atoms with van der Waals surface area (Å²) >= 11 is 0. The van der Waals surface area contributed by atoms with Crippen LogP contribution in [0.1, 0.15) is 38.7 Å². The number of hydrogen-bond acceptors (Lipinski definition) is 5. The van der Waals surface area contributed by atoms with Gasteiger partial charge in [-0.1, -0.05) is 49.3 Å². The third kappa shape index (κ3) is 2.40. The second-order valence-electron chi connectivity index (χ2n) is 8.25. The van der Waals surface area contributed by atoms with Crippen LogP contribution in [0.3, 0.4) is 0 Å². The molecule has 0 radical (unpaired) electrons. The van der Waals surface area contributed by atoms with Gasteiger partial charge < -0.3 is 4.84 Å². The number of carbonyl (C=O) groups is 1. The summed E-state index contributed by atoms with van der Waals surface area (Å²) in [6, 6.07) is 9.23. The molecule has 4 rings (SSSR count). The van der Waals surface area contributed by atoms with Crippen LogP contribution in [-0.4, -0.2) is 36.6 Å². The van der Waals surface area contributed by atoms with Crippen molar-refractivity contribution in [2.45, 2.75) is 45.8 Å². The van der Waals surface area contributed by atoms with Crippen molar-refractivity contribution in [1.29, 1.82) is 0 Å². The zero-order chi connectivity index (χ0) is 18.6. The van der Waals surface area contributed by atoms with Crippen LogP contribution in [-0.2, 0) is 26.3 Å². The molecule has 140 valence electrons. The van der Waals surface area contributed by atoms with Crippen LogP contribution in [0, 0.1) is 16.7 Å². The number of nitrogens with zero attached hydrogens (tertiary/aromatic N) is 2. The molecule has 2 bridgehead atoms. The standard InChI is InChI=1S/C19H24N2O4S/c1-18(2)15-8-9-19(18)13-26(23,24)21(16(19)10-15)17(22)11-20-25-12-14-6-4-3-5-7-14/h3-7,11,15-16H,8-10,12-13H2,1-2H3/b20-11+/t15-,16-,19-/m0/s1. The van der Waals surface area contributed by atoms with Crippen molar-refractivity contribution in [3.8, 4) is 0 Å². The first kappa shape index (κ1) is 17.5. The number of sulfonamides is 1. The molecule has 26 heavy (non-hydrogen) atoms. The summed E-state index contributed by atoms with van der Waals surface area (Å²) in [4.78, 5) is 17.8. The molecule has 1 aromatic carbocycles. The highest BCUT2D eigenvalue weighted by Crippen LogP contribution is 2.69. The third-order valence-electron chi connectivity index (χ3n) is 6.94. The van der Waals surface area contributed by atoms with Crippen molar-refractivity contribution >= 4 is 22.1 Å². The second-order valence-corrected chi connectivity index (χ2v) is 10.1. The molecular weight excluding hydrogens is 352 g/mol. The molecule has 1 aliphatic heterocycles. The summed E-state index contributed by atoms with van der Waals surface area (Å²) < 4.78 is 26.6. The number of rotatable bonds is 4. The molecule has 2 saturated carbocycles. The van der Waals surface area contributed by atoms with Crippen molar-refractivity contribution in [2.24, 2.45) is 21.9 Å². The number of amides is 1. The van der Waals surface area contributed by atoms with Crippen LogP contribution in [0.15, 0.2) is 35.5 Å². The summed E-state index contributed by atoms with van der Waals surface area (Å²) in [5, 5.41) is 3.71. The molecule has 7 heteroatoms. The fraction of sp³-hybridized carbons (Fsp3) is 0.579. The maximum atomic E-state index is 12.7. The zero-order valence-corrected chi connectivity index (χ0v) is 15.9. The molecular formula is C19H24N2O4S. The summed E-state index contributed by atoms with van der Waals surface area (Å²) in [7, 11) is -3.61. The Bertz CT molecular complexity index is 850. The van der Waals surface area contributed by atoms with Crippen molar-refractivity contribution < 1.29 is 18.0 Å². The minimum absolute atomic E-state index is 0.0548. The predicted molar refractivity (Wildman–Crippen MR) is 97.7 cm³/mol. The Morgan fingerprint density at radius 1 is 1.35 bits per heavy atom. The summed E-state index contributed by atoms with van der Waals surface area (Å²) in [6.07, 6.45) is 3.69. The second kappa shape index (κ2) is 5.81. The van der Waals surface area contributed by atoms with Crippen molar-refractivity contribution in [2.75, 3.05) is 5.75 Å². The highest BCUT2D eigenvalue weighted by molar-refractivity contribution is 7.90. The van der Waals surface area contributed by atoms with Crippen LogP contribution in [0.5, 0.6) is 0 Å². The summed E-state index contributed by atoms with van der Waals surface area (Å²) in [5.74, 6) is -0.0497. The lowest BCUT2D eigenvalue weighted by Crippen LogP contribution is -2.44. The minimum atomic E-state index is -3.61. The zero-order valence-electron chi connectivity index (χ0n) is 15.1. The first-order valence-electron chi connectivity index (χ1n) is 9.03. The highest BCUT2D eigenvalue weighted by atomic mass is 32.2. The van der Waals surface area contributed by atoms with Crippen LogP contribution >= 0.6 is 0 Å². The molecule has 0 unspecified atom stereocenters. The predicted octanol–water partition coefficient (Wildman–Crippen LogP) is 2.56. The van der Waals surface area contributed by atoms with E-state index in [4.69, 9.17) is 4.84 Å². The fourth-order valence-electron chi connectivity index (χ4n) is 5.40. The van der Waals surface area contributed by atoms with Crippen molar-refractivity contribution in [1.82, 2.24) is 4.31 Å². The van der Waals surface area contributed by atoms with E-state index in [2.05, 4.69) is 19.0 Å². The van der Waals surface area contributed by atoms with Crippen LogP contribution in [0.4, 0.5) is 0 Å². The smallest absolute Gasteiger partial charge is 0.282 e. The molecule has 0 aromatic heterocycles. The van der Waals surface area contributed by atoms with Crippen molar-refractivity contribution in [3.63, 3.8) is 0 Å². The average Bonchev–Trinajstić information content (AvgIpc) is 3.07. The SMILES string of the molecule is CC1(C)[C@H]2CC[C@@]13CS(=O)(=O)N(C(=O)/C=N/OCc1ccccc1)[C@H]3C2. The quantitative estimate of drug-likeness (QED) is 0.598. The van der Waals surface area contributed by atoms with E-state index >= 15 is 0 Å². The largest absolute Gasteiger partial charge is 0.391 e. The van der Waals surface area contributed by atoms with Gasteiger partial charge >= 0.3 is 0 Å². The molecule has 1 spiro atoms. The Labute approximate surface area is 154 Å². The van der Waals surface area contributed by atoms with Gasteiger partial charge in [0.15, 0.2) is 0 Å². The normalized spacial score (nSPS) is 33.5. The minimum Gasteiger partial charge on any atom is -0.391 e. The van der Waals surface area contributed by atoms with E-state index in [0.29, 0.717) is 5.92 Å². The van der Waals surface area contributed by atoms with Gasteiger partial charge in [-0.2, -0.15) is 0 Å². The lowest BCUT2D eigenvalue weighted by molar-refractivity contribution is -0.121. The van der Waals surface area contributed by atoms with E-state index in [9.17, 15) is 13.2 Å². The van der Waals surface area contributed by atoms with Gasteiger partial charge in [-0.3, -0.25) is 4.79 Å². The number of oxime groups is 1. The third-order valence-corrected chi connectivity index (χ3v) is 8.85. The molecule has 1 saturated heterocycles. The van der Waals surface area contributed by atoms with Gasteiger partial charge in [0.05, 0.1) is 11.8 Å². The Morgan fingerprint density at radius 3 is 2.77 bits per heavy atom. The first-order chi connectivity index (χ1) is 12.3. The molecule has 1 amide bonds. The number of carbonyl (C=O) groups excluding carboxylic acids is 1. The fourth-order valence-corrected chi connectivity index (χ4v) is 7.90. The number of hydrogen-bond donors (Lipinski definition) is 0. The van der Waals surface area contributed by atoms with Gasteiger partial charge in [0.1, 0.15) is 12.8 Å². The van der Waals surface area contributed by atoms with Crippen LogP contribution in [0.25, 0.3) is 0 Å². The van der Waals surface area contributed by atoms with Crippen LogP contribution < -0.4 is 0 Å². The Balaban J connectivity index is 1.49. The maximum Gasteiger partial charge on any atom is 0.282 e. The number of benzene rings is 1. The Morgan fingerprint density at radius 2 is 2.08 bits per heavy atom. The monoisotopic (exact) mass is 376 g/mol. The molecule has 0 N–H and O–H groups in total. The highest BCUT2D eigenvalue weighted by Gasteiger charge is 2.72. The Kier molecular flexibility index (Phi) is 3.91. The lowest BCUT2D eigenvalue weighted by Gasteiger charge is -2.36. The number of fused-ring (bicyclic) bond motifs is 1. The summed E-state index contributed by atoms with van der Waals surface area (Å²) in [6.45, 7) is 4.55. The van der Waals surface area contributed by atoms with Crippen LogP contribution in [0.2, 0.25) is 0 Å². The average molecular weight is 376 g/mol. The maximum absolute atomic E-state index is 12.7. The van der Waals surface area contributed by atoms with E-state index < -0.39 is 15.9 Å². The van der Waals surface area contributed by atoms with Gasteiger partial charge in [0.25, 0.3) is 5.91 Å². The van der Waals surface area contributed by atoms with E-state index in [0.717, 1.165) is 35.3 Å². The van der Waals surface area contributed by atoms with Gasteiger partial charge in [-0.05, 0) is 36.2 Å². The van der Waals surface area contributed by atoms with Crippen molar-refractivity contribution in [3.05, 3.63) is 35.9 Å². The van der Waals surface area contributed by atoms with Gasteiger partial charge in [0.2, 0.25) is 10.0 Å². The van der Waals surface area contributed by atoms with E-state index in [1.165, 1.54) is 0 Å². The molecule has 1 heterocycles. The van der Waals surface area contributed by atoms with E-state index in [-0.39, 0.29) is 29.2 Å². The van der Waals surface area contributed by atoms with Gasteiger partial charge in [-0.15, -0.1) is 0 Å². The van der Waals surface area contributed by atoms with E-state index in [1.54, 1.807) is 0 Å². The molecule has 3 atom stereocenters. The van der Waals surface area contributed by atoms with E-state index in [1.807, 2.05) is 30.3 Å². The van der Waals surface area contributed by atoms with Gasteiger partial charge in [-0.25, -0.2) is 12.7 Å². The summed E-state index contributed by atoms with van der Waals surface area (Å²) in [5.41, 5.74) is 0.561. The lowest BCUT2D eigenvalue weighted by atomic mass is 9.69. The molecule has 3 fully saturated rings. The molecule has 3 aliphatic rings. The first-order valence-corrected chi connectivity index (χ1v) is 10.6. The topological polar surface area (TPSA) is 76.0 Å². The molecule has 1 aromatic rings. The molecule has 2 aliphatic carbocycles. The molecule has 6 nitrogen and oxygen atoms in total. The van der Waals surface area contributed by atoms with Gasteiger partial charge in [0, 0.05) is 5.41 Å².